The first-order valence-electron chi connectivity index (χ1n) is 10.4. The van der Waals surface area contributed by atoms with Crippen molar-refractivity contribution in [3.63, 3.8) is 0 Å². The Kier molecular flexibility index (Phi) is 8.53. The van der Waals surface area contributed by atoms with Gasteiger partial charge in [-0.3, -0.25) is 0 Å². The van der Waals surface area contributed by atoms with Crippen LogP contribution >= 0.6 is 0 Å². The fourth-order valence-electron chi connectivity index (χ4n) is 3.61. The molecule has 0 aliphatic carbocycles. The molecule has 0 bridgehead atoms. The van der Waals surface area contributed by atoms with Crippen molar-refractivity contribution in [3.05, 3.63) is 47.5 Å². The normalized spacial score (nSPS) is 11.0. The predicted molar refractivity (Wildman–Crippen MR) is 116 cm³/mol. The van der Waals surface area contributed by atoms with Gasteiger partial charge in [-0.1, -0.05) is 64.5 Å². The molecular weight excluding hydrogens is 316 g/mol. The quantitative estimate of drug-likeness (QED) is 0.346. The molecular formula is C24H36N2. The molecule has 0 saturated heterocycles. The molecule has 4 N–H and O–H groups in total. The van der Waals surface area contributed by atoms with Crippen molar-refractivity contribution in [2.75, 3.05) is 11.5 Å². The molecule has 0 aliphatic rings. The predicted octanol–water partition coefficient (Wildman–Crippen LogP) is 6.76. The molecule has 26 heavy (non-hydrogen) atoms. The molecule has 2 rings (SSSR count). The summed E-state index contributed by atoms with van der Waals surface area (Å²) in [6.45, 7) is 4.51. The lowest BCUT2D eigenvalue weighted by Gasteiger charge is -2.16. The summed E-state index contributed by atoms with van der Waals surface area (Å²) in [5.74, 6) is 0. The highest BCUT2D eigenvalue weighted by Crippen LogP contribution is 2.32. The van der Waals surface area contributed by atoms with E-state index in [1.54, 1.807) is 0 Å². The molecule has 0 saturated carbocycles. The largest absolute Gasteiger partial charge is 0.399 e. The van der Waals surface area contributed by atoms with E-state index in [9.17, 15) is 0 Å². The Morgan fingerprint density at radius 3 is 1.38 bits per heavy atom. The van der Waals surface area contributed by atoms with E-state index in [0.717, 1.165) is 24.2 Å². The average Bonchev–Trinajstić information content (AvgIpc) is 2.64. The molecule has 2 nitrogen and oxygen atoms in total. The number of benzene rings is 2. The van der Waals surface area contributed by atoms with E-state index in [2.05, 4.69) is 38.1 Å². The first-order chi connectivity index (χ1) is 12.7. The fourth-order valence-corrected chi connectivity index (χ4v) is 3.61. The van der Waals surface area contributed by atoms with Crippen LogP contribution in [0.2, 0.25) is 0 Å². The zero-order chi connectivity index (χ0) is 18.8. The molecule has 0 heterocycles. The second kappa shape index (κ2) is 10.9. The van der Waals surface area contributed by atoms with E-state index >= 15 is 0 Å². The van der Waals surface area contributed by atoms with Crippen molar-refractivity contribution in [2.24, 2.45) is 0 Å². The summed E-state index contributed by atoms with van der Waals surface area (Å²) in [6.07, 6.45) is 12.4. The molecule has 0 radical (unpaired) electrons. The minimum absolute atomic E-state index is 0.830. The molecule has 0 amide bonds. The molecule has 0 fully saturated rings. The number of rotatable bonds is 11. The van der Waals surface area contributed by atoms with E-state index in [4.69, 9.17) is 11.5 Å². The lowest BCUT2D eigenvalue weighted by molar-refractivity contribution is 0.665. The van der Waals surface area contributed by atoms with E-state index < -0.39 is 0 Å². The Morgan fingerprint density at radius 1 is 0.577 bits per heavy atom. The lowest BCUT2D eigenvalue weighted by Crippen LogP contribution is -1.99. The van der Waals surface area contributed by atoms with Crippen LogP contribution < -0.4 is 11.5 Å². The highest BCUT2D eigenvalue weighted by atomic mass is 14.6. The van der Waals surface area contributed by atoms with Gasteiger partial charge in [0.25, 0.3) is 0 Å². The van der Waals surface area contributed by atoms with Crippen LogP contribution in [0.4, 0.5) is 11.4 Å². The molecule has 142 valence electrons. The Labute approximate surface area is 160 Å². The summed E-state index contributed by atoms with van der Waals surface area (Å²) < 4.78 is 0. The maximum atomic E-state index is 6.14. The fraction of sp³-hybridized carbons (Fsp3) is 0.500. The van der Waals surface area contributed by atoms with Crippen LogP contribution in [-0.2, 0) is 12.8 Å². The number of hydrogen-bond acceptors (Lipinski definition) is 2. The van der Waals surface area contributed by atoms with Crippen LogP contribution in [0.3, 0.4) is 0 Å². The number of hydrogen-bond donors (Lipinski definition) is 2. The van der Waals surface area contributed by atoms with Gasteiger partial charge in [0.05, 0.1) is 0 Å². The topological polar surface area (TPSA) is 52.0 Å². The van der Waals surface area contributed by atoms with E-state index in [-0.39, 0.29) is 0 Å². The van der Waals surface area contributed by atoms with Crippen LogP contribution in [0, 0.1) is 0 Å². The summed E-state index contributed by atoms with van der Waals surface area (Å²) in [5.41, 5.74) is 19.3. The van der Waals surface area contributed by atoms with Gasteiger partial charge in [-0.2, -0.15) is 0 Å². The molecule has 0 aromatic heterocycles. The third-order valence-electron chi connectivity index (χ3n) is 5.16. The monoisotopic (exact) mass is 352 g/mol. The highest BCUT2D eigenvalue weighted by molar-refractivity contribution is 5.76. The molecule has 2 aromatic rings. The summed E-state index contributed by atoms with van der Waals surface area (Å²) in [6, 6.07) is 12.8. The van der Waals surface area contributed by atoms with Gasteiger partial charge in [0.1, 0.15) is 0 Å². The molecule has 0 unspecified atom stereocenters. The molecule has 2 aromatic carbocycles. The maximum absolute atomic E-state index is 6.14. The van der Waals surface area contributed by atoms with E-state index in [1.807, 2.05) is 12.1 Å². The summed E-state index contributed by atoms with van der Waals surface area (Å²) in [5, 5.41) is 0. The van der Waals surface area contributed by atoms with Crippen LogP contribution in [0.1, 0.15) is 76.3 Å². The number of anilines is 2. The Hall–Kier alpha value is -1.96. The van der Waals surface area contributed by atoms with Crippen molar-refractivity contribution in [3.8, 4) is 11.1 Å². The van der Waals surface area contributed by atoms with Crippen molar-refractivity contribution in [1.29, 1.82) is 0 Å². The summed E-state index contributed by atoms with van der Waals surface area (Å²) in [7, 11) is 0. The molecule has 2 heteroatoms. The molecule has 0 atom stereocenters. The number of aryl methyl sites for hydroxylation is 2. The van der Waals surface area contributed by atoms with Crippen molar-refractivity contribution >= 4 is 11.4 Å². The third kappa shape index (κ3) is 6.09. The first kappa shape index (κ1) is 20.4. The summed E-state index contributed by atoms with van der Waals surface area (Å²) in [4.78, 5) is 0. The molecule has 0 aliphatic heterocycles. The Balaban J connectivity index is 2.27. The minimum Gasteiger partial charge on any atom is -0.399 e. The van der Waals surface area contributed by atoms with Crippen LogP contribution in [0.25, 0.3) is 11.1 Å². The molecule has 0 spiro atoms. The SMILES string of the molecule is CCCCCCc1ccc(N)cc1-c1cc(N)ccc1CCCCCC. The number of unbranched alkanes of at least 4 members (excludes halogenated alkanes) is 6. The standard InChI is InChI=1S/C24H36N2/c1-3-5-7-9-11-19-13-15-21(25)17-23(19)24-18-22(26)16-14-20(24)12-10-8-6-4-2/h13-18H,3-12,25-26H2,1-2H3. The van der Waals surface area contributed by atoms with Gasteiger partial charge in [-0.05, 0) is 72.2 Å². The van der Waals surface area contributed by atoms with Gasteiger partial charge < -0.3 is 11.5 Å². The average molecular weight is 353 g/mol. The second-order valence-corrected chi connectivity index (χ2v) is 7.45. The minimum atomic E-state index is 0.830. The highest BCUT2D eigenvalue weighted by Gasteiger charge is 2.11. The van der Waals surface area contributed by atoms with Crippen LogP contribution in [0.15, 0.2) is 36.4 Å². The van der Waals surface area contributed by atoms with Gasteiger partial charge in [0.15, 0.2) is 0 Å². The van der Waals surface area contributed by atoms with Crippen LogP contribution in [0.5, 0.6) is 0 Å². The van der Waals surface area contributed by atoms with Gasteiger partial charge in [0, 0.05) is 11.4 Å². The second-order valence-electron chi connectivity index (χ2n) is 7.45. The smallest absolute Gasteiger partial charge is 0.0320 e. The zero-order valence-corrected chi connectivity index (χ0v) is 16.7. The van der Waals surface area contributed by atoms with Gasteiger partial charge in [-0.25, -0.2) is 0 Å². The summed E-state index contributed by atoms with van der Waals surface area (Å²) >= 11 is 0. The Morgan fingerprint density at radius 2 is 1.00 bits per heavy atom. The van der Waals surface area contributed by atoms with Crippen molar-refractivity contribution < 1.29 is 0 Å². The third-order valence-corrected chi connectivity index (χ3v) is 5.16. The zero-order valence-electron chi connectivity index (χ0n) is 16.7. The maximum Gasteiger partial charge on any atom is 0.0320 e. The lowest BCUT2D eigenvalue weighted by atomic mass is 9.90. The van der Waals surface area contributed by atoms with E-state index in [1.165, 1.54) is 73.6 Å². The van der Waals surface area contributed by atoms with Gasteiger partial charge >= 0.3 is 0 Å². The first-order valence-corrected chi connectivity index (χ1v) is 10.4. The van der Waals surface area contributed by atoms with Crippen molar-refractivity contribution in [2.45, 2.75) is 78.1 Å². The van der Waals surface area contributed by atoms with Crippen molar-refractivity contribution in [1.82, 2.24) is 0 Å². The number of nitrogen functional groups attached to an aromatic ring is 2. The van der Waals surface area contributed by atoms with Gasteiger partial charge in [0.2, 0.25) is 0 Å². The van der Waals surface area contributed by atoms with Gasteiger partial charge in [-0.15, -0.1) is 0 Å². The van der Waals surface area contributed by atoms with E-state index in [0.29, 0.717) is 0 Å². The number of nitrogens with two attached hydrogens (primary N) is 2. The van der Waals surface area contributed by atoms with Crippen LogP contribution in [-0.4, -0.2) is 0 Å². The Bertz CT molecular complexity index is 616.